The van der Waals surface area contributed by atoms with Gasteiger partial charge in [0.25, 0.3) is 0 Å². The van der Waals surface area contributed by atoms with E-state index in [1.54, 1.807) is 12.0 Å². The van der Waals surface area contributed by atoms with Crippen molar-refractivity contribution < 1.29 is 23.8 Å². The predicted octanol–water partition coefficient (Wildman–Crippen LogP) is 1.41. The third kappa shape index (κ3) is 3.17. The van der Waals surface area contributed by atoms with Gasteiger partial charge < -0.3 is 24.0 Å². The predicted molar refractivity (Wildman–Crippen MR) is 93.9 cm³/mol. The second-order valence-electron chi connectivity index (χ2n) is 7.04. The summed E-state index contributed by atoms with van der Waals surface area (Å²) < 4.78 is 16.7. The van der Waals surface area contributed by atoms with Crippen LogP contribution in [0.1, 0.15) is 19.3 Å². The summed E-state index contributed by atoms with van der Waals surface area (Å²) in [6.45, 7) is 2.89. The summed E-state index contributed by atoms with van der Waals surface area (Å²) in [5.74, 6) is -0.0604. The molecule has 3 saturated heterocycles. The number of methoxy groups -OCH3 is 1. The van der Waals surface area contributed by atoms with E-state index in [9.17, 15) is 9.59 Å². The van der Waals surface area contributed by atoms with Crippen LogP contribution in [0.25, 0.3) is 0 Å². The van der Waals surface area contributed by atoms with Crippen LogP contribution < -0.4 is 9.64 Å². The Labute approximate surface area is 152 Å². The molecule has 3 aliphatic rings. The fraction of sp³-hybridized carbons (Fsp3) is 0.579. The number of carbonyl (C=O) groups excluding carboxylic acids is 2. The van der Waals surface area contributed by atoms with Crippen LogP contribution in [0.15, 0.2) is 24.3 Å². The van der Waals surface area contributed by atoms with Crippen molar-refractivity contribution in [3.05, 3.63) is 24.3 Å². The van der Waals surface area contributed by atoms with E-state index in [0.29, 0.717) is 51.4 Å². The summed E-state index contributed by atoms with van der Waals surface area (Å²) in [7, 11) is 1.60. The van der Waals surface area contributed by atoms with E-state index in [-0.39, 0.29) is 24.2 Å². The molecule has 0 aromatic heterocycles. The third-order valence-electron chi connectivity index (χ3n) is 5.49. The lowest BCUT2D eigenvalue weighted by Crippen LogP contribution is -2.49. The van der Waals surface area contributed by atoms with Crippen molar-refractivity contribution in [3.8, 4) is 5.75 Å². The molecule has 0 N–H and O–H groups in total. The summed E-state index contributed by atoms with van der Waals surface area (Å²) in [5.41, 5.74) is 0.773. The third-order valence-corrected chi connectivity index (χ3v) is 5.49. The van der Waals surface area contributed by atoms with Crippen LogP contribution in [0.5, 0.6) is 5.75 Å². The van der Waals surface area contributed by atoms with E-state index in [4.69, 9.17) is 14.2 Å². The molecule has 26 heavy (non-hydrogen) atoms. The van der Waals surface area contributed by atoms with Crippen LogP contribution in [-0.4, -0.2) is 62.5 Å². The number of carbonyl (C=O) groups is 2. The molecule has 0 saturated carbocycles. The van der Waals surface area contributed by atoms with E-state index in [1.165, 1.54) is 0 Å². The van der Waals surface area contributed by atoms with Gasteiger partial charge >= 0.3 is 0 Å². The molecule has 140 valence electrons. The summed E-state index contributed by atoms with van der Waals surface area (Å²) in [5, 5.41) is 0. The second-order valence-corrected chi connectivity index (χ2v) is 7.04. The largest absolute Gasteiger partial charge is 0.497 e. The maximum absolute atomic E-state index is 12.9. The Kier molecular flexibility index (Phi) is 4.58. The minimum Gasteiger partial charge on any atom is -0.497 e. The van der Waals surface area contributed by atoms with E-state index < -0.39 is 5.79 Å². The number of hydrogen-bond donors (Lipinski definition) is 0. The molecule has 1 atom stereocenters. The zero-order chi connectivity index (χ0) is 18.1. The Hall–Kier alpha value is -2.12. The number of nitrogens with zero attached hydrogens (tertiary/aromatic N) is 2. The van der Waals surface area contributed by atoms with Crippen LogP contribution >= 0.6 is 0 Å². The van der Waals surface area contributed by atoms with Crippen molar-refractivity contribution in [2.45, 2.75) is 25.0 Å². The molecule has 2 amide bonds. The maximum atomic E-state index is 12.9. The normalized spacial score (nSPS) is 25.1. The molecule has 3 aliphatic heterocycles. The molecule has 0 radical (unpaired) electrons. The van der Waals surface area contributed by atoms with Crippen LogP contribution in [0.3, 0.4) is 0 Å². The first kappa shape index (κ1) is 17.3. The number of rotatable bonds is 3. The zero-order valence-corrected chi connectivity index (χ0v) is 15.0. The molecule has 1 aromatic rings. The standard InChI is InChI=1S/C19H24N2O5/c1-24-16-4-2-3-15(12-16)21-13-14(11-17(21)22)18(23)20-7-5-19(6-8-20)25-9-10-26-19/h2-4,12,14H,5-11,13H2,1H3. The Morgan fingerprint density at radius 3 is 2.65 bits per heavy atom. The molecule has 1 spiro atoms. The minimum absolute atomic E-state index is 0.0208. The summed E-state index contributed by atoms with van der Waals surface area (Å²) in [6, 6.07) is 7.38. The SMILES string of the molecule is COc1cccc(N2CC(C(=O)N3CCC4(CC3)OCCO4)CC2=O)c1. The highest BCUT2D eigenvalue weighted by Gasteiger charge is 2.43. The first-order valence-corrected chi connectivity index (χ1v) is 9.11. The lowest BCUT2D eigenvalue weighted by molar-refractivity contribution is -0.188. The molecule has 0 bridgehead atoms. The van der Waals surface area contributed by atoms with Crippen molar-refractivity contribution in [3.63, 3.8) is 0 Å². The first-order valence-electron chi connectivity index (χ1n) is 9.11. The van der Waals surface area contributed by atoms with Gasteiger partial charge in [0.1, 0.15) is 5.75 Å². The quantitative estimate of drug-likeness (QED) is 0.815. The molecule has 1 unspecified atom stereocenters. The Balaban J connectivity index is 1.39. The molecule has 3 fully saturated rings. The number of anilines is 1. The van der Waals surface area contributed by atoms with E-state index in [0.717, 1.165) is 5.69 Å². The lowest BCUT2D eigenvalue weighted by atomic mass is 10.0. The van der Waals surface area contributed by atoms with Gasteiger partial charge in [0.05, 0.1) is 26.2 Å². The van der Waals surface area contributed by atoms with Crippen LogP contribution in [0.4, 0.5) is 5.69 Å². The highest BCUT2D eigenvalue weighted by Crippen LogP contribution is 2.33. The van der Waals surface area contributed by atoms with Crippen molar-refractivity contribution in [2.75, 3.05) is 44.9 Å². The Morgan fingerprint density at radius 2 is 1.96 bits per heavy atom. The maximum Gasteiger partial charge on any atom is 0.228 e. The number of benzene rings is 1. The van der Waals surface area contributed by atoms with Gasteiger partial charge in [-0.2, -0.15) is 0 Å². The van der Waals surface area contributed by atoms with Crippen molar-refractivity contribution in [1.29, 1.82) is 0 Å². The average molecular weight is 360 g/mol. The monoisotopic (exact) mass is 360 g/mol. The number of hydrogen-bond acceptors (Lipinski definition) is 5. The fourth-order valence-electron chi connectivity index (χ4n) is 4.01. The summed E-state index contributed by atoms with van der Waals surface area (Å²) >= 11 is 0. The first-order chi connectivity index (χ1) is 12.6. The molecular weight excluding hydrogens is 336 g/mol. The average Bonchev–Trinajstić information content (AvgIpc) is 3.29. The van der Waals surface area contributed by atoms with Gasteiger partial charge in [-0.25, -0.2) is 0 Å². The molecule has 7 heteroatoms. The molecular formula is C19H24N2O5. The summed E-state index contributed by atoms with van der Waals surface area (Å²) in [4.78, 5) is 28.9. The van der Waals surface area contributed by atoms with Crippen LogP contribution in [0.2, 0.25) is 0 Å². The fourth-order valence-corrected chi connectivity index (χ4v) is 4.01. The lowest BCUT2D eigenvalue weighted by Gasteiger charge is -2.38. The van der Waals surface area contributed by atoms with E-state index in [1.807, 2.05) is 29.2 Å². The smallest absolute Gasteiger partial charge is 0.228 e. The van der Waals surface area contributed by atoms with Gasteiger partial charge in [-0.3, -0.25) is 9.59 Å². The van der Waals surface area contributed by atoms with Gasteiger partial charge in [0, 0.05) is 50.7 Å². The number of piperidine rings is 1. The Bertz CT molecular complexity index is 691. The van der Waals surface area contributed by atoms with Gasteiger partial charge in [0.15, 0.2) is 5.79 Å². The van der Waals surface area contributed by atoms with Crippen LogP contribution in [-0.2, 0) is 19.1 Å². The van der Waals surface area contributed by atoms with Gasteiger partial charge in [-0.05, 0) is 12.1 Å². The zero-order valence-electron chi connectivity index (χ0n) is 15.0. The molecule has 1 aromatic carbocycles. The van der Waals surface area contributed by atoms with Crippen molar-refractivity contribution in [1.82, 2.24) is 4.90 Å². The van der Waals surface area contributed by atoms with Crippen molar-refractivity contribution in [2.24, 2.45) is 5.92 Å². The van der Waals surface area contributed by atoms with E-state index in [2.05, 4.69) is 0 Å². The van der Waals surface area contributed by atoms with Gasteiger partial charge in [-0.15, -0.1) is 0 Å². The number of amides is 2. The molecule has 4 rings (SSSR count). The molecule has 7 nitrogen and oxygen atoms in total. The highest BCUT2D eigenvalue weighted by molar-refractivity contribution is 6.00. The topological polar surface area (TPSA) is 68.3 Å². The number of likely N-dealkylation sites (tertiary alicyclic amines) is 1. The molecule has 0 aliphatic carbocycles. The van der Waals surface area contributed by atoms with Crippen LogP contribution in [0, 0.1) is 5.92 Å². The second kappa shape index (κ2) is 6.89. The Morgan fingerprint density at radius 1 is 1.23 bits per heavy atom. The minimum atomic E-state index is -0.491. The van der Waals surface area contributed by atoms with Crippen molar-refractivity contribution >= 4 is 17.5 Å². The number of ether oxygens (including phenoxy) is 3. The summed E-state index contributed by atoms with van der Waals surface area (Å²) in [6.07, 6.45) is 1.64. The molecule has 3 heterocycles. The highest BCUT2D eigenvalue weighted by atomic mass is 16.7. The van der Waals surface area contributed by atoms with E-state index >= 15 is 0 Å². The van der Waals surface area contributed by atoms with Gasteiger partial charge in [0.2, 0.25) is 11.8 Å². The van der Waals surface area contributed by atoms with Gasteiger partial charge in [-0.1, -0.05) is 6.07 Å².